The van der Waals surface area contributed by atoms with Gasteiger partial charge in [-0.2, -0.15) is 0 Å². The number of halogens is 1. The highest BCUT2D eigenvalue weighted by molar-refractivity contribution is 6.03. The minimum absolute atomic E-state index is 0. The molecule has 0 saturated carbocycles. The van der Waals surface area contributed by atoms with Crippen molar-refractivity contribution in [2.45, 2.75) is 18.9 Å². The summed E-state index contributed by atoms with van der Waals surface area (Å²) in [6.07, 6.45) is 2.95. The van der Waals surface area contributed by atoms with Crippen LogP contribution in [0.3, 0.4) is 0 Å². The van der Waals surface area contributed by atoms with Crippen LogP contribution in [0.1, 0.15) is 12.8 Å². The summed E-state index contributed by atoms with van der Waals surface area (Å²) in [5.74, 6) is -0.595. The van der Waals surface area contributed by atoms with Crippen molar-refractivity contribution in [1.82, 2.24) is 10.2 Å². The Hall–Kier alpha value is -1.92. The Bertz CT molecular complexity index is 514. The molecule has 0 radical (unpaired) electrons. The van der Waals surface area contributed by atoms with E-state index in [2.05, 4.69) is 18.5 Å². The van der Waals surface area contributed by atoms with Gasteiger partial charge in [0, 0.05) is 32.1 Å². The van der Waals surface area contributed by atoms with E-state index in [0.717, 1.165) is 6.29 Å². The number of nitrogens with one attached hydrogen (secondary N) is 1. The van der Waals surface area contributed by atoms with Crippen LogP contribution in [0.15, 0.2) is 36.0 Å². The molecule has 6 nitrogen and oxygen atoms in total. The molecule has 1 fully saturated rings. The fourth-order valence-electron chi connectivity index (χ4n) is 2.17. The topological polar surface area (TPSA) is 92.5 Å². The predicted molar refractivity (Wildman–Crippen MR) is 87.5 cm³/mol. The number of nitrogens with two attached hydrogens (primary N) is 1. The molecule has 0 spiro atoms. The van der Waals surface area contributed by atoms with Gasteiger partial charge in [-0.15, -0.1) is 12.4 Å². The van der Waals surface area contributed by atoms with Crippen molar-refractivity contribution in [3.8, 4) is 0 Å². The average molecular weight is 328 g/mol. The lowest BCUT2D eigenvalue weighted by molar-refractivity contribution is -0.136. The van der Waals surface area contributed by atoms with Gasteiger partial charge in [0.1, 0.15) is 12.3 Å². The fraction of sp³-hybridized carbons (Fsp3) is 0.400. The van der Waals surface area contributed by atoms with Gasteiger partial charge in [-0.05, 0) is 17.6 Å². The van der Waals surface area contributed by atoms with Crippen molar-refractivity contribution in [1.29, 1.82) is 0 Å². The zero-order valence-corrected chi connectivity index (χ0v) is 13.4. The summed E-state index contributed by atoms with van der Waals surface area (Å²) in [4.78, 5) is 36.2. The maximum absolute atomic E-state index is 12.3. The van der Waals surface area contributed by atoms with Gasteiger partial charge in [-0.3, -0.25) is 9.59 Å². The Morgan fingerprint density at radius 3 is 2.68 bits per heavy atom. The molecule has 122 valence electrons. The highest BCUT2D eigenvalue weighted by atomic mass is 35.5. The van der Waals surface area contributed by atoms with Gasteiger partial charge in [0.2, 0.25) is 5.91 Å². The van der Waals surface area contributed by atoms with E-state index in [1.54, 1.807) is 6.08 Å². The summed E-state index contributed by atoms with van der Waals surface area (Å²) >= 11 is 0. The lowest BCUT2D eigenvalue weighted by Gasteiger charge is -2.25. The number of rotatable bonds is 7. The highest BCUT2D eigenvalue weighted by Gasteiger charge is 2.36. The summed E-state index contributed by atoms with van der Waals surface area (Å²) in [7, 11) is 1.50. The van der Waals surface area contributed by atoms with Gasteiger partial charge in [-0.25, -0.2) is 0 Å². The number of likely N-dealkylation sites (N-methyl/N-ethyl adjacent to an activating group) is 1. The maximum atomic E-state index is 12.3. The van der Waals surface area contributed by atoms with E-state index in [0.29, 0.717) is 16.7 Å². The van der Waals surface area contributed by atoms with Crippen molar-refractivity contribution >= 4 is 30.5 Å². The molecule has 1 saturated heterocycles. The maximum Gasteiger partial charge on any atom is 0.254 e. The van der Waals surface area contributed by atoms with E-state index in [1.807, 2.05) is 0 Å². The summed E-state index contributed by atoms with van der Waals surface area (Å²) in [5, 5.41) is 2.52. The summed E-state index contributed by atoms with van der Waals surface area (Å²) in [5.41, 5.74) is 7.21. The fourth-order valence-corrected chi connectivity index (χ4v) is 2.17. The Balaban J connectivity index is 0.00000441. The van der Waals surface area contributed by atoms with Gasteiger partial charge in [0.15, 0.2) is 0 Å². The molecule has 1 aliphatic heterocycles. The number of aldehydes is 1. The number of carbonyl (C=O) groups is 3. The molecule has 0 aromatic heterocycles. The highest BCUT2D eigenvalue weighted by Crippen LogP contribution is 2.26. The molecule has 0 aliphatic carbocycles. The molecule has 1 unspecified atom stereocenters. The zero-order chi connectivity index (χ0) is 16.0. The molecular formula is C15H22ClN3O3. The van der Waals surface area contributed by atoms with E-state index < -0.39 is 6.04 Å². The second-order valence-electron chi connectivity index (χ2n) is 4.82. The van der Waals surface area contributed by atoms with Crippen molar-refractivity contribution < 1.29 is 14.4 Å². The first-order valence-electron chi connectivity index (χ1n) is 6.70. The van der Waals surface area contributed by atoms with Gasteiger partial charge >= 0.3 is 0 Å². The molecule has 0 bridgehead atoms. The normalized spacial score (nSPS) is 17.2. The Kier molecular flexibility index (Phi) is 8.37. The second kappa shape index (κ2) is 9.17. The van der Waals surface area contributed by atoms with Crippen molar-refractivity contribution in [2.75, 3.05) is 20.1 Å². The molecule has 22 heavy (non-hydrogen) atoms. The molecule has 0 aromatic rings. The van der Waals surface area contributed by atoms with E-state index >= 15 is 0 Å². The molecule has 3 N–H and O–H groups in total. The number of nitrogens with zero attached hydrogens (tertiary/aromatic N) is 1. The third-order valence-corrected chi connectivity index (χ3v) is 3.37. The van der Waals surface area contributed by atoms with Crippen LogP contribution in [0.4, 0.5) is 0 Å². The van der Waals surface area contributed by atoms with Crippen LogP contribution in [-0.2, 0) is 14.4 Å². The second-order valence-corrected chi connectivity index (χ2v) is 4.82. The van der Waals surface area contributed by atoms with Crippen molar-refractivity contribution in [3.05, 3.63) is 36.0 Å². The molecule has 2 amide bonds. The number of carbonyl (C=O) groups excluding carboxylic acids is 3. The smallest absolute Gasteiger partial charge is 0.254 e. The first kappa shape index (κ1) is 20.1. The first-order chi connectivity index (χ1) is 9.96. The molecule has 1 atom stereocenters. The first-order valence-corrected chi connectivity index (χ1v) is 6.70. The van der Waals surface area contributed by atoms with Gasteiger partial charge < -0.3 is 20.7 Å². The van der Waals surface area contributed by atoms with Crippen LogP contribution in [-0.4, -0.2) is 49.2 Å². The van der Waals surface area contributed by atoms with Crippen LogP contribution in [0.5, 0.6) is 0 Å². The monoisotopic (exact) mass is 327 g/mol. The predicted octanol–water partition coefficient (Wildman–Crippen LogP) is 0.342. The van der Waals surface area contributed by atoms with Crippen LogP contribution in [0.2, 0.25) is 0 Å². The minimum Gasteiger partial charge on any atom is -0.357 e. The molecular weight excluding hydrogens is 306 g/mol. The van der Waals surface area contributed by atoms with Gasteiger partial charge in [-0.1, -0.05) is 19.2 Å². The third kappa shape index (κ3) is 4.54. The number of hydrogen-bond acceptors (Lipinski definition) is 4. The van der Waals surface area contributed by atoms with Crippen LogP contribution >= 0.6 is 12.4 Å². The molecule has 1 rings (SSSR count). The van der Waals surface area contributed by atoms with Crippen LogP contribution in [0, 0.1) is 0 Å². The third-order valence-electron chi connectivity index (χ3n) is 3.37. The summed E-state index contributed by atoms with van der Waals surface area (Å²) in [6.45, 7) is 8.09. The van der Waals surface area contributed by atoms with Gasteiger partial charge in [0.25, 0.3) is 5.91 Å². The summed E-state index contributed by atoms with van der Waals surface area (Å²) in [6, 6.07) is -0.679. The Labute approximate surface area is 136 Å². The standard InChI is InChI=1S/C15H21N3O3.ClH/c1-10(8-16)7-12-9-18(15(21)11(12)2)13(5-4-6-19)14(20)17-3;/h6-7,13H,1-2,4-5,8-9,16H2,3H3,(H,17,20);1H/b12-7-;. The average Bonchev–Trinajstić information content (AvgIpc) is 2.75. The molecule has 7 heteroatoms. The zero-order valence-electron chi connectivity index (χ0n) is 12.6. The van der Waals surface area contributed by atoms with Crippen molar-refractivity contribution in [2.24, 2.45) is 5.73 Å². The Morgan fingerprint density at radius 2 is 2.18 bits per heavy atom. The van der Waals surface area contributed by atoms with E-state index in [1.165, 1.54) is 11.9 Å². The lowest BCUT2D eigenvalue weighted by Crippen LogP contribution is -2.46. The van der Waals surface area contributed by atoms with E-state index in [-0.39, 0.29) is 50.2 Å². The molecule has 0 aromatic carbocycles. The van der Waals surface area contributed by atoms with E-state index in [9.17, 15) is 14.4 Å². The SMILES string of the molecule is C=C(/C=C1/CN(C(CCC=O)C(=O)NC)C(=O)C1=C)CN.Cl. The van der Waals surface area contributed by atoms with E-state index in [4.69, 9.17) is 5.73 Å². The van der Waals surface area contributed by atoms with Crippen molar-refractivity contribution in [3.63, 3.8) is 0 Å². The number of amides is 2. The van der Waals surface area contributed by atoms with Crippen LogP contribution < -0.4 is 11.1 Å². The van der Waals surface area contributed by atoms with Gasteiger partial charge in [0.05, 0.1) is 0 Å². The Morgan fingerprint density at radius 1 is 1.55 bits per heavy atom. The number of hydrogen-bond donors (Lipinski definition) is 2. The minimum atomic E-state index is -0.679. The van der Waals surface area contributed by atoms with Crippen LogP contribution in [0.25, 0.3) is 0 Å². The largest absolute Gasteiger partial charge is 0.357 e. The quantitative estimate of drug-likeness (QED) is 0.521. The molecule has 1 heterocycles. The number of likely N-dealkylation sites (tertiary alicyclic amines) is 1. The molecule has 1 aliphatic rings. The lowest BCUT2D eigenvalue weighted by atomic mass is 10.1. The summed E-state index contributed by atoms with van der Waals surface area (Å²) < 4.78 is 0.